The molecule has 1 amide bonds. The van der Waals surface area contributed by atoms with E-state index < -0.39 is 0 Å². The summed E-state index contributed by atoms with van der Waals surface area (Å²) in [6.45, 7) is 5.51. The van der Waals surface area contributed by atoms with Crippen LogP contribution in [0.1, 0.15) is 23.2 Å². The normalized spacial score (nSPS) is 10.8. The molecular weight excluding hydrogens is 360 g/mol. The van der Waals surface area contributed by atoms with Gasteiger partial charge in [0.2, 0.25) is 5.91 Å². The zero-order valence-electron chi connectivity index (χ0n) is 13.5. The lowest BCUT2D eigenvalue weighted by atomic mass is 10.2. The van der Waals surface area contributed by atoms with E-state index in [1.807, 2.05) is 43.5 Å². The molecule has 0 spiro atoms. The van der Waals surface area contributed by atoms with Crippen LogP contribution in [0.15, 0.2) is 34.0 Å². The Labute approximate surface area is 152 Å². The number of hydrogen-bond acceptors (Lipinski definition) is 7. The Morgan fingerprint density at radius 1 is 1.29 bits per heavy atom. The molecule has 0 saturated heterocycles. The second-order valence-corrected chi connectivity index (χ2v) is 8.43. The predicted molar refractivity (Wildman–Crippen MR) is 100 cm³/mol. The summed E-state index contributed by atoms with van der Waals surface area (Å²) in [5, 5.41) is 11.7. The Kier molecular flexibility index (Phi) is 5.27. The van der Waals surface area contributed by atoms with Crippen LogP contribution in [-0.4, -0.2) is 21.1 Å². The van der Waals surface area contributed by atoms with Crippen LogP contribution in [0.3, 0.4) is 0 Å². The molecule has 0 unspecified atom stereocenters. The highest BCUT2D eigenvalue weighted by atomic mass is 32.2. The second-order valence-electron chi connectivity index (χ2n) is 5.19. The van der Waals surface area contributed by atoms with E-state index in [1.165, 1.54) is 11.3 Å². The van der Waals surface area contributed by atoms with E-state index in [2.05, 4.69) is 15.2 Å². The summed E-state index contributed by atoms with van der Waals surface area (Å²) in [5.74, 6) is 0.666. The number of thiazole rings is 1. The smallest absolute Gasteiger partial charge is 0.230 e. The summed E-state index contributed by atoms with van der Waals surface area (Å²) >= 11 is 4.66. The molecule has 2 heterocycles. The third kappa shape index (κ3) is 4.00. The van der Waals surface area contributed by atoms with Gasteiger partial charge in [0.05, 0.1) is 11.4 Å². The SMILES string of the molecule is CC(=O)N(c1cccc(C)c1)c1nc(CSc2nnc(C)s2)cs1. The zero-order chi connectivity index (χ0) is 17.1. The van der Waals surface area contributed by atoms with Gasteiger partial charge in [0.25, 0.3) is 0 Å². The quantitative estimate of drug-likeness (QED) is 0.610. The van der Waals surface area contributed by atoms with Crippen LogP contribution in [-0.2, 0) is 10.5 Å². The number of nitrogens with zero attached hydrogens (tertiary/aromatic N) is 4. The van der Waals surface area contributed by atoms with Crippen molar-refractivity contribution in [3.05, 3.63) is 45.9 Å². The highest BCUT2D eigenvalue weighted by Crippen LogP contribution is 2.32. The first kappa shape index (κ1) is 17.1. The third-order valence-electron chi connectivity index (χ3n) is 3.16. The Bertz CT molecular complexity index is 858. The number of thioether (sulfide) groups is 1. The number of amides is 1. The van der Waals surface area contributed by atoms with Gasteiger partial charge >= 0.3 is 0 Å². The zero-order valence-corrected chi connectivity index (χ0v) is 16.0. The maximum atomic E-state index is 12.1. The maximum absolute atomic E-state index is 12.1. The van der Waals surface area contributed by atoms with Crippen molar-refractivity contribution in [1.29, 1.82) is 0 Å². The van der Waals surface area contributed by atoms with Gasteiger partial charge in [-0.15, -0.1) is 21.5 Å². The Morgan fingerprint density at radius 3 is 2.79 bits per heavy atom. The maximum Gasteiger partial charge on any atom is 0.230 e. The molecule has 0 bridgehead atoms. The number of rotatable bonds is 5. The highest BCUT2D eigenvalue weighted by molar-refractivity contribution is 8.00. The average Bonchev–Trinajstić information content (AvgIpc) is 3.14. The molecule has 0 radical (unpaired) electrons. The van der Waals surface area contributed by atoms with Crippen LogP contribution >= 0.6 is 34.4 Å². The van der Waals surface area contributed by atoms with E-state index in [9.17, 15) is 4.79 Å². The molecule has 0 aliphatic rings. The van der Waals surface area contributed by atoms with Crippen LogP contribution in [0.2, 0.25) is 0 Å². The monoisotopic (exact) mass is 376 g/mol. The molecule has 0 fully saturated rings. The lowest BCUT2D eigenvalue weighted by Crippen LogP contribution is -2.22. The molecule has 0 aliphatic heterocycles. The van der Waals surface area contributed by atoms with Gasteiger partial charge in [0, 0.05) is 18.1 Å². The molecule has 124 valence electrons. The van der Waals surface area contributed by atoms with Crippen molar-refractivity contribution in [3.8, 4) is 0 Å². The molecule has 24 heavy (non-hydrogen) atoms. The molecule has 3 rings (SSSR count). The molecule has 0 saturated carbocycles. The van der Waals surface area contributed by atoms with Crippen LogP contribution in [0.5, 0.6) is 0 Å². The standard InChI is InChI=1S/C16H16N4OS3/c1-10-5-4-6-14(7-10)20(12(3)21)15-17-13(8-22-15)9-23-16-19-18-11(2)24-16/h4-8H,9H2,1-3H3. The fourth-order valence-corrected chi connectivity index (χ4v) is 4.83. The van der Waals surface area contributed by atoms with E-state index in [0.717, 1.165) is 26.3 Å². The van der Waals surface area contributed by atoms with Gasteiger partial charge in [0.15, 0.2) is 9.47 Å². The number of carbonyl (C=O) groups excluding carboxylic acids is 1. The first-order valence-electron chi connectivity index (χ1n) is 7.27. The van der Waals surface area contributed by atoms with Crippen LogP contribution in [0.25, 0.3) is 0 Å². The van der Waals surface area contributed by atoms with Crippen LogP contribution in [0.4, 0.5) is 10.8 Å². The topological polar surface area (TPSA) is 59.0 Å². The first-order chi connectivity index (χ1) is 11.5. The van der Waals surface area contributed by atoms with E-state index in [1.54, 1.807) is 34.9 Å². The summed E-state index contributed by atoms with van der Waals surface area (Å²) in [7, 11) is 0. The van der Waals surface area contributed by atoms with Crippen molar-refractivity contribution in [3.63, 3.8) is 0 Å². The van der Waals surface area contributed by atoms with Crippen molar-refractivity contribution in [2.75, 3.05) is 4.90 Å². The summed E-state index contributed by atoms with van der Waals surface area (Å²) in [6, 6.07) is 7.87. The van der Waals surface area contributed by atoms with E-state index in [4.69, 9.17) is 0 Å². The number of carbonyl (C=O) groups is 1. The van der Waals surface area contributed by atoms with Gasteiger partial charge in [-0.1, -0.05) is 35.2 Å². The first-order valence-corrected chi connectivity index (χ1v) is 9.96. The largest absolute Gasteiger partial charge is 0.274 e. The van der Waals surface area contributed by atoms with Crippen LogP contribution < -0.4 is 4.90 Å². The molecule has 0 N–H and O–H groups in total. The Hall–Kier alpha value is -1.77. The molecule has 0 aliphatic carbocycles. The Morgan fingerprint density at radius 2 is 2.12 bits per heavy atom. The molecular formula is C16H16N4OS3. The van der Waals surface area contributed by atoms with Crippen molar-refractivity contribution in [2.45, 2.75) is 30.9 Å². The van der Waals surface area contributed by atoms with E-state index in [0.29, 0.717) is 10.9 Å². The molecule has 3 aromatic rings. The summed E-state index contributed by atoms with van der Waals surface area (Å²) in [4.78, 5) is 18.4. The number of anilines is 2. The number of aromatic nitrogens is 3. The minimum Gasteiger partial charge on any atom is -0.274 e. The minimum atomic E-state index is -0.0473. The van der Waals surface area contributed by atoms with Crippen LogP contribution in [0, 0.1) is 13.8 Å². The van der Waals surface area contributed by atoms with Crippen molar-refractivity contribution < 1.29 is 4.79 Å². The predicted octanol–water partition coefficient (Wildman–Crippen LogP) is 4.59. The van der Waals surface area contributed by atoms with Gasteiger partial charge in [0.1, 0.15) is 5.01 Å². The average molecular weight is 377 g/mol. The van der Waals surface area contributed by atoms with Crippen molar-refractivity contribution in [2.24, 2.45) is 0 Å². The Balaban J connectivity index is 1.78. The van der Waals surface area contributed by atoms with Gasteiger partial charge in [-0.3, -0.25) is 9.69 Å². The summed E-state index contributed by atoms with van der Waals surface area (Å²) in [6.07, 6.45) is 0. The van der Waals surface area contributed by atoms with Gasteiger partial charge in [-0.25, -0.2) is 4.98 Å². The van der Waals surface area contributed by atoms with Gasteiger partial charge in [-0.2, -0.15) is 0 Å². The van der Waals surface area contributed by atoms with Gasteiger partial charge in [-0.05, 0) is 31.5 Å². The molecule has 5 nitrogen and oxygen atoms in total. The second kappa shape index (κ2) is 7.42. The summed E-state index contributed by atoms with van der Waals surface area (Å²) < 4.78 is 0.934. The lowest BCUT2D eigenvalue weighted by molar-refractivity contribution is -0.115. The lowest BCUT2D eigenvalue weighted by Gasteiger charge is -2.18. The fourth-order valence-electron chi connectivity index (χ4n) is 2.13. The van der Waals surface area contributed by atoms with Crippen molar-refractivity contribution >= 4 is 51.2 Å². The van der Waals surface area contributed by atoms with E-state index in [-0.39, 0.29) is 5.91 Å². The fraction of sp³-hybridized carbons (Fsp3) is 0.250. The number of hydrogen-bond donors (Lipinski definition) is 0. The number of aryl methyl sites for hydroxylation is 2. The summed E-state index contributed by atoms with van der Waals surface area (Å²) in [5.41, 5.74) is 2.89. The molecule has 2 aromatic heterocycles. The number of benzene rings is 1. The molecule has 1 aromatic carbocycles. The van der Waals surface area contributed by atoms with E-state index >= 15 is 0 Å². The molecule has 8 heteroatoms. The minimum absolute atomic E-state index is 0.0473. The van der Waals surface area contributed by atoms with Crippen molar-refractivity contribution in [1.82, 2.24) is 15.2 Å². The van der Waals surface area contributed by atoms with Gasteiger partial charge < -0.3 is 0 Å². The molecule has 0 atom stereocenters. The highest BCUT2D eigenvalue weighted by Gasteiger charge is 2.18. The third-order valence-corrected chi connectivity index (χ3v) is 6.04.